The minimum atomic E-state index is -0.854. The fourth-order valence-corrected chi connectivity index (χ4v) is 2.08. The molecule has 8 heteroatoms. The number of carbonyl (C=O) groups excluding carboxylic acids is 2. The summed E-state index contributed by atoms with van der Waals surface area (Å²) in [7, 11) is 0. The Kier molecular flexibility index (Phi) is 6.07. The van der Waals surface area contributed by atoms with Crippen molar-refractivity contribution in [3.63, 3.8) is 0 Å². The normalized spacial score (nSPS) is 11.8. The summed E-state index contributed by atoms with van der Waals surface area (Å²) in [6.45, 7) is 12.0. The fraction of sp³-hybridized carbons (Fsp3) is 0.562. The SMILES string of the molecule is Cc1cc(N)c(I)nc1N(C(=O)OC(C)(C)C)C(=O)OC(C)(C)C. The number of hydrogen-bond donors (Lipinski definition) is 1. The van der Waals surface area contributed by atoms with Gasteiger partial charge in [0.15, 0.2) is 5.82 Å². The number of pyridine rings is 1. The zero-order chi connectivity index (χ0) is 18.9. The average molecular weight is 449 g/mol. The van der Waals surface area contributed by atoms with Gasteiger partial charge in [0.1, 0.15) is 14.9 Å². The van der Waals surface area contributed by atoms with Gasteiger partial charge in [-0.1, -0.05) is 0 Å². The van der Waals surface area contributed by atoms with E-state index >= 15 is 0 Å². The zero-order valence-corrected chi connectivity index (χ0v) is 17.2. The second-order valence-electron chi connectivity index (χ2n) is 7.31. The van der Waals surface area contributed by atoms with E-state index in [0.717, 1.165) is 4.90 Å². The van der Waals surface area contributed by atoms with E-state index in [1.165, 1.54) is 0 Å². The highest BCUT2D eigenvalue weighted by molar-refractivity contribution is 14.1. The van der Waals surface area contributed by atoms with E-state index in [1.54, 1.807) is 54.5 Å². The Hall–Kier alpha value is -1.58. The van der Waals surface area contributed by atoms with E-state index in [0.29, 0.717) is 15.0 Å². The second-order valence-corrected chi connectivity index (χ2v) is 8.33. The molecule has 0 saturated heterocycles. The number of carbonyl (C=O) groups is 2. The van der Waals surface area contributed by atoms with Crippen molar-refractivity contribution in [3.05, 3.63) is 15.3 Å². The molecule has 0 radical (unpaired) electrons. The van der Waals surface area contributed by atoms with Crippen molar-refractivity contribution >= 4 is 46.3 Å². The number of imide groups is 1. The molecule has 0 aliphatic heterocycles. The molecule has 0 atom stereocenters. The van der Waals surface area contributed by atoms with Crippen LogP contribution >= 0.6 is 22.6 Å². The van der Waals surface area contributed by atoms with E-state index in [1.807, 2.05) is 22.6 Å². The van der Waals surface area contributed by atoms with Crippen LogP contribution in [0.5, 0.6) is 0 Å². The number of anilines is 2. The summed E-state index contributed by atoms with van der Waals surface area (Å²) in [4.78, 5) is 30.2. The molecule has 1 heterocycles. The van der Waals surface area contributed by atoms with Crippen LogP contribution in [0.25, 0.3) is 0 Å². The van der Waals surface area contributed by atoms with Crippen LogP contribution in [-0.4, -0.2) is 28.4 Å². The third kappa shape index (κ3) is 5.81. The maximum Gasteiger partial charge on any atom is 0.425 e. The van der Waals surface area contributed by atoms with Gasteiger partial charge in [0.05, 0.1) is 5.69 Å². The van der Waals surface area contributed by atoms with Gasteiger partial charge in [-0.3, -0.25) is 0 Å². The second kappa shape index (κ2) is 7.12. The quantitative estimate of drug-likeness (QED) is 0.509. The van der Waals surface area contributed by atoms with Gasteiger partial charge < -0.3 is 15.2 Å². The summed E-state index contributed by atoms with van der Waals surface area (Å²) in [5, 5.41) is 0. The Bertz CT molecular complexity index is 620. The number of aromatic nitrogens is 1. The lowest BCUT2D eigenvalue weighted by molar-refractivity contribution is 0.0428. The zero-order valence-electron chi connectivity index (χ0n) is 15.1. The first-order valence-corrected chi connectivity index (χ1v) is 8.48. The number of amides is 2. The predicted octanol–water partition coefficient (Wildman–Crippen LogP) is 4.25. The smallest absolute Gasteiger partial charge is 0.425 e. The monoisotopic (exact) mass is 449 g/mol. The van der Waals surface area contributed by atoms with Crippen LogP contribution in [0.15, 0.2) is 6.07 Å². The summed E-state index contributed by atoms with van der Waals surface area (Å²) >= 11 is 1.94. The molecule has 1 aromatic rings. The van der Waals surface area contributed by atoms with Crippen molar-refractivity contribution in [1.82, 2.24) is 4.98 Å². The van der Waals surface area contributed by atoms with Gasteiger partial charge in [-0.2, -0.15) is 4.90 Å². The first-order chi connectivity index (χ1) is 10.7. The highest BCUT2D eigenvalue weighted by atomic mass is 127. The lowest BCUT2D eigenvalue weighted by Gasteiger charge is -2.28. The summed E-state index contributed by atoms with van der Waals surface area (Å²) in [6, 6.07) is 1.64. The Morgan fingerprint density at radius 3 is 1.88 bits per heavy atom. The number of nitrogens with zero attached hydrogens (tertiary/aromatic N) is 2. The number of nitrogens with two attached hydrogens (primary N) is 1. The van der Waals surface area contributed by atoms with Crippen LogP contribution in [0.4, 0.5) is 21.1 Å². The maximum atomic E-state index is 12.6. The molecule has 0 aliphatic rings. The molecule has 0 unspecified atom stereocenters. The first kappa shape index (κ1) is 20.5. The molecule has 0 saturated carbocycles. The van der Waals surface area contributed by atoms with Crippen molar-refractivity contribution in [3.8, 4) is 0 Å². The van der Waals surface area contributed by atoms with Crippen molar-refractivity contribution in [1.29, 1.82) is 0 Å². The van der Waals surface area contributed by atoms with Crippen LogP contribution in [0.3, 0.4) is 0 Å². The molecule has 134 valence electrons. The molecule has 7 nitrogen and oxygen atoms in total. The van der Waals surface area contributed by atoms with E-state index in [9.17, 15) is 9.59 Å². The van der Waals surface area contributed by atoms with Crippen molar-refractivity contribution in [2.45, 2.75) is 59.7 Å². The number of rotatable bonds is 1. The van der Waals surface area contributed by atoms with Crippen LogP contribution < -0.4 is 10.6 Å². The lowest BCUT2D eigenvalue weighted by Crippen LogP contribution is -2.44. The van der Waals surface area contributed by atoms with Gasteiger partial charge in [0.2, 0.25) is 0 Å². The van der Waals surface area contributed by atoms with Gasteiger partial charge in [0, 0.05) is 0 Å². The van der Waals surface area contributed by atoms with Gasteiger partial charge in [-0.05, 0) is 82.7 Å². The third-order valence-corrected chi connectivity index (χ3v) is 3.39. The van der Waals surface area contributed by atoms with Crippen LogP contribution in [0.2, 0.25) is 0 Å². The van der Waals surface area contributed by atoms with Gasteiger partial charge in [-0.25, -0.2) is 14.6 Å². The Morgan fingerprint density at radius 1 is 1.08 bits per heavy atom. The molecule has 0 spiro atoms. The minimum Gasteiger partial charge on any atom is -0.443 e. The molecule has 0 aliphatic carbocycles. The molecule has 2 amide bonds. The summed E-state index contributed by atoms with van der Waals surface area (Å²) in [5.41, 5.74) is 5.30. The largest absolute Gasteiger partial charge is 0.443 e. The fourth-order valence-electron chi connectivity index (χ4n) is 1.69. The van der Waals surface area contributed by atoms with E-state index in [-0.39, 0.29) is 5.82 Å². The molecular weight excluding hydrogens is 425 g/mol. The van der Waals surface area contributed by atoms with E-state index < -0.39 is 23.4 Å². The summed E-state index contributed by atoms with van der Waals surface area (Å²) in [6.07, 6.45) is -1.71. The maximum absolute atomic E-state index is 12.6. The standard InChI is InChI=1S/C16H24IN3O4/c1-9-8-10(18)11(17)19-12(9)20(13(21)23-15(2,3)4)14(22)24-16(5,6)7/h8H,18H2,1-7H3. The molecular formula is C16H24IN3O4. The van der Waals surface area contributed by atoms with Crippen molar-refractivity contribution in [2.75, 3.05) is 10.6 Å². The highest BCUT2D eigenvalue weighted by Crippen LogP contribution is 2.26. The summed E-state index contributed by atoms with van der Waals surface area (Å²) < 4.78 is 11.1. The molecule has 0 aromatic carbocycles. The van der Waals surface area contributed by atoms with Gasteiger partial charge >= 0.3 is 12.2 Å². The Balaban J connectivity index is 3.36. The van der Waals surface area contributed by atoms with Crippen LogP contribution in [0.1, 0.15) is 47.1 Å². The Labute approximate surface area is 156 Å². The molecule has 24 heavy (non-hydrogen) atoms. The van der Waals surface area contributed by atoms with Crippen LogP contribution in [-0.2, 0) is 9.47 Å². The number of halogens is 1. The highest BCUT2D eigenvalue weighted by Gasteiger charge is 2.34. The number of ether oxygens (including phenoxy) is 2. The predicted molar refractivity (Wildman–Crippen MR) is 101 cm³/mol. The van der Waals surface area contributed by atoms with Crippen molar-refractivity contribution in [2.24, 2.45) is 0 Å². The van der Waals surface area contributed by atoms with E-state index in [2.05, 4.69) is 4.98 Å². The lowest BCUT2D eigenvalue weighted by atomic mass is 10.2. The molecule has 0 bridgehead atoms. The molecule has 0 fully saturated rings. The summed E-state index contributed by atoms with van der Waals surface area (Å²) in [5.74, 6) is 0.136. The molecule has 1 rings (SSSR count). The molecule has 1 aromatic heterocycles. The Morgan fingerprint density at radius 2 is 1.50 bits per heavy atom. The average Bonchev–Trinajstić information content (AvgIpc) is 2.31. The molecule has 2 N–H and O–H groups in total. The number of nitrogen functional groups attached to an aromatic ring is 1. The van der Waals surface area contributed by atoms with Gasteiger partial charge in [0.25, 0.3) is 0 Å². The van der Waals surface area contributed by atoms with Crippen LogP contribution in [0, 0.1) is 10.6 Å². The number of aryl methyl sites for hydroxylation is 1. The van der Waals surface area contributed by atoms with E-state index in [4.69, 9.17) is 15.2 Å². The van der Waals surface area contributed by atoms with Crippen molar-refractivity contribution < 1.29 is 19.1 Å². The minimum absolute atomic E-state index is 0.136. The third-order valence-electron chi connectivity index (χ3n) is 2.53. The first-order valence-electron chi connectivity index (χ1n) is 7.40. The number of hydrogen-bond acceptors (Lipinski definition) is 6. The topological polar surface area (TPSA) is 94.8 Å². The van der Waals surface area contributed by atoms with Gasteiger partial charge in [-0.15, -0.1) is 0 Å².